The molecule has 0 aliphatic carbocycles. The average Bonchev–Trinajstić information content (AvgIpc) is 2.30. The third kappa shape index (κ3) is 2.64. The standard InChI is InChI=1S/C14H20N2O2/c1-10-4-5-11(8-12(10)15)13(17)16-6-7-18-14(2,3)9-16/h4-5,8H,6-7,9,15H2,1-3H3. The van der Waals surface area contributed by atoms with Gasteiger partial charge in [0.15, 0.2) is 0 Å². The summed E-state index contributed by atoms with van der Waals surface area (Å²) in [5.74, 6) is 0.0260. The number of hydrogen-bond donors (Lipinski definition) is 1. The molecule has 1 aliphatic heterocycles. The molecule has 2 rings (SSSR count). The number of nitrogens with zero attached hydrogens (tertiary/aromatic N) is 1. The number of carbonyl (C=O) groups excluding carboxylic acids is 1. The zero-order valence-corrected chi connectivity index (χ0v) is 11.2. The van der Waals surface area contributed by atoms with Gasteiger partial charge in [-0.05, 0) is 38.5 Å². The molecule has 0 spiro atoms. The van der Waals surface area contributed by atoms with Gasteiger partial charge < -0.3 is 15.4 Å². The number of nitrogen functional groups attached to an aromatic ring is 1. The van der Waals surface area contributed by atoms with Gasteiger partial charge in [0.25, 0.3) is 5.91 Å². The second-order valence-electron chi connectivity index (χ2n) is 5.41. The Balaban J connectivity index is 2.18. The number of anilines is 1. The van der Waals surface area contributed by atoms with Gasteiger partial charge in [-0.3, -0.25) is 4.79 Å². The summed E-state index contributed by atoms with van der Waals surface area (Å²) in [5.41, 5.74) is 7.88. The first kappa shape index (κ1) is 12.9. The molecule has 0 unspecified atom stereocenters. The minimum absolute atomic E-state index is 0.0260. The fourth-order valence-corrected chi connectivity index (χ4v) is 2.15. The second kappa shape index (κ2) is 4.61. The van der Waals surface area contributed by atoms with E-state index in [-0.39, 0.29) is 11.5 Å². The summed E-state index contributed by atoms with van der Waals surface area (Å²) in [6, 6.07) is 5.46. The monoisotopic (exact) mass is 248 g/mol. The first-order valence-corrected chi connectivity index (χ1v) is 6.18. The summed E-state index contributed by atoms with van der Waals surface area (Å²) in [6.45, 7) is 7.75. The Hall–Kier alpha value is -1.55. The molecule has 0 saturated carbocycles. The van der Waals surface area contributed by atoms with Gasteiger partial charge in [-0.15, -0.1) is 0 Å². The predicted molar refractivity (Wildman–Crippen MR) is 71.5 cm³/mol. The van der Waals surface area contributed by atoms with Gasteiger partial charge in [-0.25, -0.2) is 0 Å². The highest BCUT2D eigenvalue weighted by atomic mass is 16.5. The Morgan fingerprint density at radius 1 is 1.44 bits per heavy atom. The molecule has 1 heterocycles. The quantitative estimate of drug-likeness (QED) is 0.771. The molecule has 98 valence electrons. The maximum Gasteiger partial charge on any atom is 0.254 e. The van der Waals surface area contributed by atoms with Crippen LogP contribution in [0.4, 0.5) is 5.69 Å². The van der Waals surface area contributed by atoms with E-state index in [2.05, 4.69) is 0 Å². The van der Waals surface area contributed by atoms with Gasteiger partial charge in [0.2, 0.25) is 0 Å². The molecule has 1 fully saturated rings. The van der Waals surface area contributed by atoms with Crippen molar-refractivity contribution in [2.24, 2.45) is 0 Å². The SMILES string of the molecule is Cc1ccc(C(=O)N2CCOC(C)(C)C2)cc1N. The number of rotatable bonds is 1. The molecule has 4 nitrogen and oxygen atoms in total. The van der Waals surface area contributed by atoms with Crippen molar-refractivity contribution in [2.45, 2.75) is 26.4 Å². The Bertz CT molecular complexity index is 469. The molecular weight excluding hydrogens is 228 g/mol. The van der Waals surface area contributed by atoms with E-state index in [0.717, 1.165) is 5.56 Å². The van der Waals surface area contributed by atoms with Crippen LogP contribution in [-0.2, 0) is 4.74 Å². The van der Waals surface area contributed by atoms with Crippen LogP contribution < -0.4 is 5.73 Å². The molecule has 1 aromatic rings. The Morgan fingerprint density at radius 3 is 2.78 bits per heavy atom. The highest BCUT2D eigenvalue weighted by molar-refractivity contribution is 5.95. The Morgan fingerprint density at radius 2 is 2.17 bits per heavy atom. The third-order valence-electron chi connectivity index (χ3n) is 3.24. The van der Waals surface area contributed by atoms with Crippen LogP contribution >= 0.6 is 0 Å². The highest BCUT2D eigenvalue weighted by Crippen LogP contribution is 2.20. The van der Waals surface area contributed by atoms with Crippen LogP contribution in [0.25, 0.3) is 0 Å². The van der Waals surface area contributed by atoms with E-state index >= 15 is 0 Å². The zero-order valence-electron chi connectivity index (χ0n) is 11.2. The van der Waals surface area contributed by atoms with Gasteiger partial charge in [0.1, 0.15) is 0 Å². The third-order valence-corrected chi connectivity index (χ3v) is 3.24. The Kier molecular flexibility index (Phi) is 3.30. The first-order chi connectivity index (χ1) is 8.39. The molecule has 1 saturated heterocycles. The lowest BCUT2D eigenvalue weighted by Gasteiger charge is -2.38. The van der Waals surface area contributed by atoms with E-state index in [9.17, 15) is 4.79 Å². The van der Waals surface area contributed by atoms with Crippen molar-refractivity contribution in [1.82, 2.24) is 4.90 Å². The minimum Gasteiger partial charge on any atom is -0.398 e. The highest BCUT2D eigenvalue weighted by Gasteiger charge is 2.30. The number of ether oxygens (including phenoxy) is 1. The van der Waals surface area contributed by atoms with Crippen LogP contribution in [-0.4, -0.2) is 36.1 Å². The molecule has 0 radical (unpaired) electrons. The van der Waals surface area contributed by atoms with Gasteiger partial charge in [0.05, 0.1) is 12.2 Å². The van der Waals surface area contributed by atoms with Crippen molar-refractivity contribution in [1.29, 1.82) is 0 Å². The van der Waals surface area contributed by atoms with Crippen LogP contribution in [0.1, 0.15) is 29.8 Å². The number of hydrogen-bond acceptors (Lipinski definition) is 3. The number of benzene rings is 1. The molecule has 0 atom stereocenters. The normalized spacial score (nSPS) is 18.7. The van der Waals surface area contributed by atoms with Gasteiger partial charge in [0, 0.05) is 24.3 Å². The van der Waals surface area contributed by atoms with Crippen LogP contribution in [0.2, 0.25) is 0 Å². The second-order valence-corrected chi connectivity index (χ2v) is 5.41. The number of nitrogens with two attached hydrogens (primary N) is 1. The molecule has 0 aromatic heterocycles. The van der Waals surface area contributed by atoms with Crippen molar-refractivity contribution >= 4 is 11.6 Å². The van der Waals surface area contributed by atoms with Gasteiger partial charge in [-0.2, -0.15) is 0 Å². The van der Waals surface area contributed by atoms with E-state index in [1.807, 2.05) is 37.8 Å². The average molecular weight is 248 g/mol. The van der Waals surface area contributed by atoms with E-state index in [0.29, 0.717) is 30.9 Å². The van der Waals surface area contributed by atoms with Crippen molar-refractivity contribution in [2.75, 3.05) is 25.4 Å². The lowest BCUT2D eigenvalue weighted by molar-refractivity contribution is -0.0764. The lowest BCUT2D eigenvalue weighted by Crippen LogP contribution is -2.50. The topological polar surface area (TPSA) is 55.6 Å². The number of carbonyl (C=O) groups is 1. The van der Waals surface area contributed by atoms with Gasteiger partial charge >= 0.3 is 0 Å². The van der Waals surface area contributed by atoms with E-state index in [4.69, 9.17) is 10.5 Å². The van der Waals surface area contributed by atoms with Crippen LogP contribution in [0.5, 0.6) is 0 Å². The number of morpholine rings is 1. The van der Waals surface area contributed by atoms with Crippen molar-refractivity contribution < 1.29 is 9.53 Å². The fourth-order valence-electron chi connectivity index (χ4n) is 2.15. The maximum atomic E-state index is 12.4. The maximum absolute atomic E-state index is 12.4. The fraction of sp³-hybridized carbons (Fsp3) is 0.500. The number of aryl methyl sites for hydroxylation is 1. The molecular formula is C14H20N2O2. The molecule has 2 N–H and O–H groups in total. The van der Waals surface area contributed by atoms with E-state index in [1.54, 1.807) is 6.07 Å². The van der Waals surface area contributed by atoms with Crippen LogP contribution in [0.15, 0.2) is 18.2 Å². The summed E-state index contributed by atoms with van der Waals surface area (Å²) in [7, 11) is 0. The number of amides is 1. The lowest BCUT2D eigenvalue weighted by atomic mass is 10.1. The summed E-state index contributed by atoms with van der Waals surface area (Å²) in [6.07, 6.45) is 0. The molecule has 1 aromatic carbocycles. The molecule has 0 bridgehead atoms. The first-order valence-electron chi connectivity index (χ1n) is 6.18. The van der Waals surface area contributed by atoms with E-state index in [1.165, 1.54) is 0 Å². The molecule has 1 amide bonds. The zero-order chi connectivity index (χ0) is 13.3. The predicted octanol–water partition coefficient (Wildman–Crippen LogP) is 1.83. The summed E-state index contributed by atoms with van der Waals surface area (Å²) < 4.78 is 5.61. The van der Waals surface area contributed by atoms with Crippen LogP contribution in [0.3, 0.4) is 0 Å². The van der Waals surface area contributed by atoms with Crippen molar-refractivity contribution in [3.8, 4) is 0 Å². The summed E-state index contributed by atoms with van der Waals surface area (Å²) in [4.78, 5) is 14.2. The molecule has 1 aliphatic rings. The largest absolute Gasteiger partial charge is 0.398 e. The minimum atomic E-state index is -0.274. The van der Waals surface area contributed by atoms with Crippen molar-refractivity contribution in [3.05, 3.63) is 29.3 Å². The van der Waals surface area contributed by atoms with Crippen LogP contribution in [0, 0.1) is 6.92 Å². The van der Waals surface area contributed by atoms with Gasteiger partial charge in [-0.1, -0.05) is 6.07 Å². The molecule has 18 heavy (non-hydrogen) atoms. The molecule has 4 heteroatoms. The van der Waals surface area contributed by atoms with E-state index < -0.39 is 0 Å². The van der Waals surface area contributed by atoms with Crippen molar-refractivity contribution in [3.63, 3.8) is 0 Å². The Labute approximate surface area is 108 Å². The smallest absolute Gasteiger partial charge is 0.254 e. The summed E-state index contributed by atoms with van der Waals surface area (Å²) in [5, 5.41) is 0. The summed E-state index contributed by atoms with van der Waals surface area (Å²) >= 11 is 0.